The maximum atomic E-state index is 13.2. The van der Waals surface area contributed by atoms with Crippen LogP contribution in [0.1, 0.15) is 29.5 Å². The molecule has 0 radical (unpaired) electrons. The normalized spacial score (nSPS) is 14.8. The Morgan fingerprint density at radius 2 is 1.86 bits per heavy atom. The highest BCUT2D eigenvalue weighted by Crippen LogP contribution is 2.31. The fourth-order valence-corrected chi connectivity index (χ4v) is 4.02. The minimum absolute atomic E-state index is 0.145. The average Bonchev–Trinajstić information content (AvgIpc) is 3.00. The first-order valence-electron chi connectivity index (χ1n) is 9.39. The molecular weight excluding hydrogens is 382 g/mol. The molecule has 5 nitrogen and oxygen atoms in total. The maximum absolute atomic E-state index is 13.2. The van der Waals surface area contributed by atoms with Gasteiger partial charge < -0.3 is 4.74 Å². The van der Waals surface area contributed by atoms with Crippen molar-refractivity contribution in [1.82, 2.24) is 0 Å². The van der Waals surface area contributed by atoms with E-state index in [-0.39, 0.29) is 5.91 Å². The van der Waals surface area contributed by atoms with Crippen LogP contribution >= 0.6 is 11.8 Å². The topological polar surface area (TPSA) is 65.7 Å². The summed E-state index contributed by atoms with van der Waals surface area (Å²) in [6.07, 6.45) is 3.04. The minimum atomic E-state index is -0.145. The highest BCUT2D eigenvalue weighted by Gasteiger charge is 2.32. The Kier molecular flexibility index (Phi) is 6.73. The molecule has 0 aliphatic carbocycles. The molecule has 29 heavy (non-hydrogen) atoms. The lowest BCUT2D eigenvalue weighted by atomic mass is 10.1. The van der Waals surface area contributed by atoms with Crippen molar-refractivity contribution in [2.24, 2.45) is 4.99 Å². The largest absolute Gasteiger partial charge is 0.497 e. The zero-order valence-electron chi connectivity index (χ0n) is 16.8. The maximum Gasteiger partial charge on any atom is 0.283 e. The van der Waals surface area contributed by atoms with E-state index in [1.807, 2.05) is 50.2 Å². The number of hydrogen-bond donors (Lipinski definition) is 0. The molecule has 6 heteroatoms. The van der Waals surface area contributed by atoms with Crippen LogP contribution < -0.4 is 9.64 Å². The molecule has 2 aromatic carbocycles. The average molecular weight is 406 g/mol. The van der Waals surface area contributed by atoms with E-state index < -0.39 is 0 Å². The van der Waals surface area contributed by atoms with E-state index in [2.05, 4.69) is 17.1 Å². The zero-order valence-corrected chi connectivity index (χ0v) is 17.6. The third-order valence-corrected chi connectivity index (χ3v) is 5.40. The van der Waals surface area contributed by atoms with Crippen molar-refractivity contribution in [2.75, 3.05) is 17.8 Å². The molecule has 0 aromatic heterocycles. The van der Waals surface area contributed by atoms with E-state index in [1.54, 1.807) is 18.1 Å². The molecule has 3 rings (SSSR count). The highest BCUT2D eigenvalue weighted by molar-refractivity contribution is 8.14. The van der Waals surface area contributed by atoms with Crippen LogP contribution in [0.15, 0.2) is 53.2 Å². The number of methoxy groups -OCH3 is 1. The summed E-state index contributed by atoms with van der Waals surface area (Å²) in [5.74, 6) is 1.35. The first-order valence-corrected chi connectivity index (χ1v) is 10.4. The molecule has 0 N–H and O–H groups in total. The van der Waals surface area contributed by atoms with Gasteiger partial charge in [0.2, 0.25) is 0 Å². The molecule has 148 valence electrons. The van der Waals surface area contributed by atoms with Gasteiger partial charge in [-0.25, -0.2) is 4.99 Å². The molecule has 1 aliphatic rings. The second-order valence-electron chi connectivity index (χ2n) is 6.79. The SMILES string of the molecule is COc1ccc(/C=C2\N=C(SCCCC#N)N(c3cc(C)cc(C)c3)C2=O)cc1. The molecule has 1 heterocycles. The van der Waals surface area contributed by atoms with Crippen LogP contribution in [-0.4, -0.2) is 23.9 Å². The summed E-state index contributed by atoms with van der Waals surface area (Å²) >= 11 is 1.51. The van der Waals surface area contributed by atoms with Gasteiger partial charge in [0, 0.05) is 12.2 Å². The molecule has 1 amide bonds. The number of ether oxygens (including phenoxy) is 1. The third kappa shape index (κ3) is 5.07. The third-order valence-electron chi connectivity index (χ3n) is 4.38. The Hall–Kier alpha value is -3.04. The van der Waals surface area contributed by atoms with Gasteiger partial charge in [-0.05, 0) is 67.3 Å². The number of anilines is 1. The van der Waals surface area contributed by atoms with E-state index in [0.717, 1.165) is 40.3 Å². The number of amidine groups is 1. The Labute approximate surface area is 175 Å². The number of nitrogens with zero attached hydrogens (tertiary/aromatic N) is 3. The molecule has 0 bridgehead atoms. The van der Waals surface area contributed by atoms with Crippen LogP contribution in [0.4, 0.5) is 5.69 Å². The van der Waals surface area contributed by atoms with E-state index >= 15 is 0 Å². The van der Waals surface area contributed by atoms with Crippen molar-refractivity contribution in [3.05, 3.63) is 64.9 Å². The Morgan fingerprint density at radius 1 is 1.17 bits per heavy atom. The fraction of sp³-hybridized carbons (Fsp3) is 0.261. The molecule has 2 aromatic rings. The van der Waals surface area contributed by atoms with Gasteiger partial charge in [-0.1, -0.05) is 30.0 Å². The quantitative estimate of drug-likeness (QED) is 0.496. The van der Waals surface area contributed by atoms with Gasteiger partial charge in [0.15, 0.2) is 5.17 Å². The van der Waals surface area contributed by atoms with Gasteiger partial charge in [0.05, 0.1) is 18.9 Å². The predicted octanol–water partition coefficient (Wildman–Crippen LogP) is 5.09. The predicted molar refractivity (Wildman–Crippen MR) is 119 cm³/mol. The van der Waals surface area contributed by atoms with E-state index in [9.17, 15) is 4.79 Å². The number of carbonyl (C=O) groups excluding carboxylic acids is 1. The van der Waals surface area contributed by atoms with Crippen LogP contribution in [0, 0.1) is 25.2 Å². The zero-order chi connectivity index (χ0) is 20.8. The van der Waals surface area contributed by atoms with Crippen molar-refractivity contribution in [3.63, 3.8) is 0 Å². The summed E-state index contributed by atoms with van der Waals surface area (Å²) in [4.78, 5) is 19.5. The van der Waals surface area contributed by atoms with Gasteiger partial charge in [0.25, 0.3) is 5.91 Å². The first-order chi connectivity index (χ1) is 14.0. The van der Waals surface area contributed by atoms with E-state index in [4.69, 9.17) is 10.00 Å². The molecule has 0 atom stereocenters. The summed E-state index contributed by atoms with van der Waals surface area (Å²) in [6, 6.07) is 15.7. The summed E-state index contributed by atoms with van der Waals surface area (Å²) in [7, 11) is 1.62. The van der Waals surface area contributed by atoms with Gasteiger partial charge in [0.1, 0.15) is 11.4 Å². The van der Waals surface area contributed by atoms with Gasteiger partial charge >= 0.3 is 0 Å². The van der Waals surface area contributed by atoms with Crippen LogP contribution in [0.2, 0.25) is 0 Å². The molecule has 0 spiro atoms. The molecule has 0 saturated carbocycles. The Morgan fingerprint density at radius 3 is 2.48 bits per heavy atom. The van der Waals surface area contributed by atoms with Gasteiger partial charge in [-0.15, -0.1) is 0 Å². The number of unbranched alkanes of at least 4 members (excludes halogenated alkanes) is 1. The Bertz CT molecular complexity index is 984. The molecule has 0 unspecified atom stereocenters. The summed E-state index contributed by atoms with van der Waals surface area (Å²) in [5, 5.41) is 9.41. The molecule has 1 aliphatic heterocycles. The lowest BCUT2D eigenvalue weighted by molar-refractivity contribution is -0.113. The van der Waals surface area contributed by atoms with Gasteiger partial charge in [-0.2, -0.15) is 5.26 Å². The smallest absolute Gasteiger partial charge is 0.283 e. The van der Waals surface area contributed by atoms with Crippen molar-refractivity contribution in [2.45, 2.75) is 26.7 Å². The molecule has 0 saturated heterocycles. The van der Waals surface area contributed by atoms with Crippen LogP contribution in [0.5, 0.6) is 5.75 Å². The number of benzene rings is 2. The lowest BCUT2D eigenvalue weighted by Gasteiger charge is -2.19. The van der Waals surface area contributed by atoms with E-state index in [0.29, 0.717) is 17.3 Å². The fourth-order valence-electron chi connectivity index (χ4n) is 3.07. The lowest BCUT2D eigenvalue weighted by Crippen LogP contribution is -2.30. The number of hydrogen-bond acceptors (Lipinski definition) is 5. The first kappa shape index (κ1) is 20.7. The van der Waals surface area contributed by atoms with Crippen LogP contribution in [0.25, 0.3) is 6.08 Å². The summed E-state index contributed by atoms with van der Waals surface area (Å²) in [6.45, 7) is 4.03. The van der Waals surface area contributed by atoms with E-state index in [1.165, 1.54) is 11.8 Å². The molecular formula is C23H23N3O2S. The standard InChI is InChI=1S/C23H23N3O2S/c1-16-12-17(2)14-19(13-16)26-22(27)21(25-23(26)29-11-5-4-10-24)15-18-6-8-20(28-3)9-7-18/h6-9,12-15H,4-5,11H2,1-3H3/b21-15-. The number of amides is 1. The Balaban J connectivity index is 1.93. The van der Waals surface area contributed by atoms with Crippen molar-refractivity contribution in [3.8, 4) is 11.8 Å². The number of carbonyl (C=O) groups is 1. The number of aryl methyl sites for hydroxylation is 2. The number of thioether (sulfide) groups is 1. The molecule has 0 fully saturated rings. The monoisotopic (exact) mass is 405 g/mol. The van der Waals surface area contributed by atoms with Crippen LogP contribution in [0.3, 0.4) is 0 Å². The minimum Gasteiger partial charge on any atom is -0.497 e. The van der Waals surface area contributed by atoms with Crippen molar-refractivity contribution >= 4 is 34.6 Å². The number of nitriles is 1. The highest BCUT2D eigenvalue weighted by atomic mass is 32.2. The second kappa shape index (κ2) is 9.44. The van der Waals surface area contributed by atoms with Crippen LogP contribution in [-0.2, 0) is 4.79 Å². The number of aliphatic imine (C=N–C) groups is 1. The number of rotatable bonds is 6. The summed E-state index contributed by atoms with van der Waals surface area (Å²) in [5.41, 5.74) is 4.28. The second-order valence-corrected chi connectivity index (χ2v) is 7.86. The summed E-state index contributed by atoms with van der Waals surface area (Å²) < 4.78 is 5.19. The van der Waals surface area contributed by atoms with Gasteiger partial charge in [-0.3, -0.25) is 9.69 Å². The van der Waals surface area contributed by atoms with Crippen molar-refractivity contribution < 1.29 is 9.53 Å². The van der Waals surface area contributed by atoms with Crippen molar-refractivity contribution in [1.29, 1.82) is 5.26 Å².